The van der Waals surface area contributed by atoms with Crippen LogP contribution in [0.15, 0.2) is 53.9 Å². The highest BCUT2D eigenvalue weighted by molar-refractivity contribution is 7.13. The van der Waals surface area contributed by atoms with Crippen LogP contribution in [0.2, 0.25) is 0 Å². The van der Waals surface area contributed by atoms with Crippen molar-refractivity contribution < 1.29 is 9.53 Å². The smallest absolute Gasteiger partial charge is 0.271 e. The minimum Gasteiger partial charge on any atom is -0.379 e. The fourth-order valence-corrected chi connectivity index (χ4v) is 4.07. The molecule has 1 aliphatic heterocycles. The van der Waals surface area contributed by atoms with Crippen LogP contribution in [-0.2, 0) is 17.8 Å². The van der Waals surface area contributed by atoms with E-state index in [1.54, 1.807) is 0 Å². The number of hydrogen-bond donors (Lipinski definition) is 1. The molecule has 1 amide bonds. The Morgan fingerprint density at radius 3 is 2.48 bits per heavy atom. The van der Waals surface area contributed by atoms with E-state index in [-0.39, 0.29) is 5.91 Å². The zero-order valence-corrected chi connectivity index (χ0v) is 17.4. The van der Waals surface area contributed by atoms with Crippen molar-refractivity contribution in [2.24, 2.45) is 0 Å². The SMILES string of the molecule is Cc1ccc(-c2nc(C(=O)NCc3ccc(CN4CCOCC4)cc3)cs2)cc1. The molecule has 0 spiro atoms. The summed E-state index contributed by atoms with van der Waals surface area (Å²) in [6.45, 7) is 7.08. The minimum absolute atomic E-state index is 0.142. The Morgan fingerprint density at radius 1 is 1.07 bits per heavy atom. The number of aromatic nitrogens is 1. The minimum atomic E-state index is -0.142. The summed E-state index contributed by atoms with van der Waals surface area (Å²) in [5, 5.41) is 5.65. The van der Waals surface area contributed by atoms with Gasteiger partial charge in [-0.25, -0.2) is 4.98 Å². The number of morpholine rings is 1. The molecular formula is C23H25N3O2S. The van der Waals surface area contributed by atoms with Crippen LogP contribution < -0.4 is 5.32 Å². The van der Waals surface area contributed by atoms with Gasteiger partial charge in [0.2, 0.25) is 0 Å². The Bertz CT molecular complexity index is 945. The lowest BCUT2D eigenvalue weighted by atomic mass is 10.1. The summed E-state index contributed by atoms with van der Waals surface area (Å²) >= 11 is 1.49. The Balaban J connectivity index is 1.30. The predicted molar refractivity (Wildman–Crippen MR) is 116 cm³/mol. The average molecular weight is 408 g/mol. The molecule has 0 atom stereocenters. The molecule has 4 rings (SSSR count). The lowest BCUT2D eigenvalue weighted by Crippen LogP contribution is -2.35. The molecule has 1 fully saturated rings. The Kier molecular flexibility index (Phi) is 6.34. The van der Waals surface area contributed by atoms with Crippen LogP contribution in [0.5, 0.6) is 0 Å². The van der Waals surface area contributed by atoms with Gasteiger partial charge in [0, 0.05) is 37.1 Å². The Morgan fingerprint density at radius 2 is 1.76 bits per heavy atom. The van der Waals surface area contributed by atoms with Gasteiger partial charge in [-0.1, -0.05) is 54.1 Å². The molecule has 0 bridgehead atoms. The van der Waals surface area contributed by atoms with Crippen molar-refractivity contribution in [3.05, 3.63) is 76.3 Å². The first-order valence-electron chi connectivity index (χ1n) is 9.86. The summed E-state index contributed by atoms with van der Waals surface area (Å²) in [6.07, 6.45) is 0. The number of nitrogens with one attached hydrogen (secondary N) is 1. The summed E-state index contributed by atoms with van der Waals surface area (Å²) < 4.78 is 5.39. The molecule has 3 aromatic rings. The summed E-state index contributed by atoms with van der Waals surface area (Å²) in [4.78, 5) is 19.4. The number of amides is 1. The van der Waals surface area contributed by atoms with E-state index in [2.05, 4.69) is 58.5 Å². The van der Waals surface area contributed by atoms with Crippen LogP contribution in [0.1, 0.15) is 27.2 Å². The highest BCUT2D eigenvalue weighted by Gasteiger charge is 2.13. The van der Waals surface area contributed by atoms with Gasteiger partial charge in [-0.05, 0) is 18.1 Å². The van der Waals surface area contributed by atoms with E-state index in [0.717, 1.165) is 49.0 Å². The molecule has 0 saturated carbocycles. The van der Waals surface area contributed by atoms with Crippen LogP contribution in [0.3, 0.4) is 0 Å². The van der Waals surface area contributed by atoms with Crippen molar-refractivity contribution in [1.82, 2.24) is 15.2 Å². The molecule has 0 radical (unpaired) electrons. The molecule has 29 heavy (non-hydrogen) atoms. The predicted octanol–water partition coefficient (Wildman–Crippen LogP) is 3.88. The summed E-state index contributed by atoms with van der Waals surface area (Å²) in [5.74, 6) is -0.142. The second-order valence-electron chi connectivity index (χ2n) is 7.29. The first-order chi connectivity index (χ1) is 14.2. The lowest BCUT2D eigenvalue weighted by molar-refractivity contribution is 0.0342. The van der Waals surface area contributed by atoms with Gasteiger partial charge in [-0.3, -0.25) is 9.69 Å². The molecule has 1 saturated heterocycles. The summed E-state index contributed by atoms with van der Waals surface area (Å²) in [7, 11) is 0. The van der Waals surface area contributed by atoms with Crippen molar-refractivity contribution in [2.45, 2.75) is 20.0 Å². The molecule has 2 heterocycles. The van der Waals surface area contributed by atoms with E-state index in [9.17, 15) is 4.79 Å². The molecule has 6 heteroatoms. The van der Waals surface area contributed by atoms with Crippen molar-refractivity contribution in [3.63, 3.8) is 0 Å². The zero-order chi connectivity index (χ0) is 20.1. The van der Waals surface area contributed by atoms with Crippen molar-refractivity contribution in [3.8, 4) is 10.6 Å². The van der Waals surface area contributed by atoms with Gasteiger partial charge in [0.25, 0.3) is 5.91 Å². The van der Waals surface area contributed by atoms with Crippen molar-refractivity contribution >= 4 is 17.2 Å². The average Bonchev–Trinajstić information content (AvgIpc) is 3.25. The first kappa shape index (κ1) is 19.8. The first-order valence-corrected chi connectivity index (χ1v) is 10.7. The third-order valence-electron chi connectivity index (χ3n) is 5.02. The summed E-state index contributed by atoms with van der Waals surface area (Å²) in [6, 6.07) is 16.6. The van der Waals surface area contributed by atoms with Gasteiger partial charge in [0.15, 0.2) is 0 Å². The number of rotatable bonds is 6. The number of carbonyl (C=O) groups excluding carboxylic acids is 1. The molecule has 1 aliphatic rings. The second kappa shape index (κ2) is 9.31. The number of thiazole rings is 1. The Labute approximate surface area is 175 Å². The number of hydrogen-bond acceptors (Lipinski definition) is 5. The Hall–Kier alpha value is -2.54. The third-order valence-corrected chi connectivity index (χ3v) is 5.91. The molecule has 5 nitrogen and oxygen atoms in total. The van der Waals surface area contributed by atoms with Crippen molar-refractivity contribution in [1.29, 1.82) is 0 Å². The molecular weight excluding hydrogens is 382 g/mol. The van der Waals surface area contributed by atoms with Crippen LogP contribution in [0.4, 0.5) is 0 Å². The van der Waals surface area contributed by atoms with Crippen LogP contribution in [-0.4, -0.2) is 42.1 Å². The number of benzene rings is 2. The second-order valence-corrected chi connectivity index (χ2v) is 8.15. The maximum Gasteiger partial charge on any atom is 0.271 e. The molecule has 150 valence electrons. The van der Waals surface area contributed by atoms with E-state index < -0.39 is 0 Å². The third kappa shape index (κ3) is 5.29. The standard InChI is InChI=1S/C23H25N3O2S/c1-17-2-8-20(9-3-17)23-25-21(16-29-23)22(27)24-14-18-4-6-19(7-5-18)15-26-10-12-28-13-11-26/h2-9,16H,10-15H2,1H3,(H,24,27). The highest BCUT2D eigenvalue weighted by atomic mass is 32.1. The topological polar surface area (TPSA) is 54.5 Å². The van der Waals surface area contributed by atoms with E-state index in [4.69, 9.17) is 4.74 Å². The zero-order valence-electron chi connectivity index (χ0n) is 16.6. The lowest BCUT2D eigenvalue weighted by Gasteiger charge is -2.26. The maximum atomic E-state index is 12.5. The van der Waals surface area contributed by atoms with Gasteiger partial charge < -0.3 is 10.1 Å². The number of nitrogens with zero attached hydrogens (tertiary/aromatic N) is 2. The van der Waals surface area contributed by atoms with E-state index in [0.29, 0.717) is 12.2 Å². The highest BCUT2D eigenvalue weighted by Crippen LogP contribution is 2.24. The van der Waals surface area contributed by atoms with Crippen molar-refractivity contribution in [2.75, 3.05) is 26.3 Å². The van der Waals surface area contributed by atoms with Gasteiger partial charge in [0.05, 0.1) is 13.2 Å². The molecule has 2 aromatic carbocycles. The van der Waals surface area contributed by atoms with E-state index in [1.807, 2.05) is 17.5 Å². The molecule has 0 unspecified atom stereocenters. The van der Waals surface area contributed by atoms with E-state index in [1.165, 1.54) is 22.5 Å². The number of ether oxygens (including phenoxy) is 1. The van der Waals surface area contributed by atoms with Gasteiger partial charge in [-0.2, -0.15) is 0 Å². The molecule has 1 aromatic heterocycles. The fraction of sp³-hybridized carbons (Fsp3) is 0.304. The normalized spacial score (nSPS) is 14.7. The van der Waals surface area contributed by atoms with Crippen LogP contribution in [0, 0.1) is 6.92 Å². The monoisotopic (exact) mass is 407 g/mol. The fourth-order valence-electron chi connectivity index (χ4n) is 3.26. The van der Waals surface area contributed by atoms with Crippen LogP contribution in [0.25, 0.3) is 10.6 Å². The molecule has 1 N–H and O–H groups in total. The van der Waals surface area contributed by atoms with Gasteiger partial charge in [-0.15, -0.1) is 11.3 Å². The van der Waals surface area contributed by atoms with Gasteiger partial charge in [0.1, 0.15) is 10.7 Å². The maximum absolute atomic E-state index is 12.5. The largest absolute Gasteiger partial charge is 0.379 e. The van der Waals surface area contributed by atoms with E-state index >= 15 is 0 Å². The number of aryl methyl sites for hydroxylation is 1. The summed E-state index contributed by atoms with van der Waals surface area (Å²) in [5.41, 5.74) is 5.08. The quantitative estimate of drug-likeness (QED) is 0.674. The van der Waals surface area contributed by atoms with Crippen LogP contribution >= 0.6 is 11.3 Å². The number of carbonyl (C=O) groups is 1. The molecule has 0 aliphatic carbocycles. The van der Waals surface area contributed by atoms with Gasteiger partial charge >= 0.3 is 0 Å².